The minimum Gasteiger partial charge on any atom is -0.456 e. The number of anilines is 3. The summed E-state index contributed by atoms with van der Waals surface area (Å²) in [6, 6.07) is 29.8. The van der Waals surface area contributed by atoms with Crippen LogP contribution in [0.4, 0.5) is 30.2 Å². The van der Waals surface area contributed by atoms with Gasteiger partial charge in [-0.15, -0.1) is 0 Å². The van der Waals surface area contributed by atoms with Crippen LogP contribution in [0.5, 0.6) is 0 Å². The third-order valence-electron chi connectivity index (χ3n) is 9.14. The van der Waals surface area contributed by atoms with Gasteiger partial charge in [-0.1, -0.05) is 76.2 Å². The van der Waals surface area contributed by atoms with Crippen LogP contribution in [0.3, 0.4) is 0 Å². The van der Waals surface area contributed by atoms with Gasteiger partial charge in [0.05, 0.1) is 11.4 Å². The lowest BCUT2D eigenvalue weighted by molar-refractivity contribution is 0.332. The van der Waals surface area contributed by atoms with E-state index >= 15 is 0 Å². The highest BCUT2D eigenvalue weighted by Crippen LogP contribution is 2.49. The smallest absolute Gasteiger partial charge is 0.194 e. The second kappa shape index (κ2) is 9.77. The van der Waals surface area contributed by atoms with E-state index in [1.807, 2.05) is 72.8 Å². The predicted octanol–water partition coefficient (Wildman–Crippen LogP) is 11.5. The zero-order valence-electron chi connectivity index (χ0n) is 24.6. The Labute approximate surface area is 249 Å². The average Bonchev–Trinajstić information content (AvgIpc) is 3.36. The number of hydrogen-bond acceptors (Lipinski definition) is 2. The predicted molar refractivity (Wildman–Crippen MR) is 169 cm³/mol. The van der Waals surface area contributed by atoms with Crippen LogP contribution in [0.1, 0.15) is 51.7 Å². The Morgan fingerprint density at radius 1 is 0.605 bits per heavy atom. The topological polar surface area (TPSA) is 16.4 Å². The molecule has 0 spiro atoms. The lowest BCUT2D eigenvalue weighted by atomic mass is 9.63. The molecule has 6 aromatic rings. The maximum atomic E-state index is 14.7. The second-order valence-electron chi connectivity index (χ2n) is 12.9. The Balaban J connectivity index is 1.49. The average molecular weight is 576 g/mol. The molecule has 216 valence electrons. The molecule has 0 saturated carbocycles. The molecule has 5 aromatic carbocycles. The molecule has 1 aliphatic rings. The van der Waals surface area contributed by atoms with Crippen LogP contribution in [-0.4, -0.2) is 0 Å². The van der Waals surface area contributed by atoms with E-state index in [1.54, 1.807) is 4.90 Å². The van der Waals surface area contributed by atoms with Crippen molar-refractivity contribution in [2.45, 2.75) is 51.4 Å². The summed E-state index contributed by atoms with van der Waals surface area (Å²) in [4.78, 5) is 1.78. The van der Waals surface area contributed by atoms with E-state index < -0.39 is 17.5 Å². The maximum absolute atomic E-state index is 14.7. The number of hydrogen-bond donors (Lipinski definition) is 0. The van der Waals surface area contributed by atoms with Gasteiger partial charge in [-0.3, -0.25) is 0 Å². The normalized spacial score (nSPS) is 15.5. The number of para-hydroxylation sites is 1. The summed E-state index contributed by atoms with van der Waals surface area (Å²) in [5.41, 5.74) is 7.57. The standard InChI is InChI=1S/C38H32F3NO/c1-37(2)16-17-38(3,4)30-22-35-28(21-29(30)37)27-18-24(14-15-34(27)43-35)42(25-19-31(39)36(41)32(40)20-25)33-13-9-8-12-26(33)23-10-6-5-7-11-23/h5-15,18-22H,16-17H2,1-4H3. The third-order valence-corrected chi connectivity index (χ3v) is 9.14. The van der Waals surface area contributed by atoms with E-state index in [0.717, 1.165) is 58.0 Å². The van der Waals surface area contributed by atoms with E-state index in [4.69, 9.17) is 4.42 Å². The molecule has 0 radical (unpaired) electrons. The minimum atomic E-state index is -1.49. The quantitative estimate of drug-likeness (QED) is 0.194. The first-order valence-electron chi connectivity index (χ1n) is 14.6. The molecule has 0 bridgehead atoms. The highest BCUT2D eigenvalue weighted by atomic mass is 19.2. The first kappa shape index (κ1) is 27.3. The highest BCUT2D eigenvalue weighted by molar-refractivity contribution is 6.07. The van der Waals surface area contributed by atoms with Crippen molar-refractivity contribution in [1.82, 2.24) is 0 Å². The van der Waals surface area contributed by atoms with Gasteiger partial charge in [0.25, 0.3) is 0 Å². The molecule has 0 aliphatic heterocycles. The van der Waals surface area contributed by atoms with Gasteiger partial charge >= 0.3 is 0 Å². The molecule has 7 rings (SSSR count). The fourth-order valence-corrected chi connectivity index (χ4v) is 6.59. The van der Waals surface area contributed by atoms with Crippen molar-refractivity contribution in [2.75, 3.05) is 4.90 Å². The largest absolute Gasteiger partial charge is 0.456 e. The second-order valence-corrected chi connectivity index (χ2v) is 12.9. The number of fused-ring (bicyclic) bond motifs is 4. The molecule has 0 N–H and O–H groups in total. The van der Waals surface area contributed by atoms with Crippen molar-refractivity contribution in [3.8, 4) is 11.1 Å². The molecule has 5 heteroatoms. The summed E-state index contributed by atoms with van der Waals surface area (Å²) in [6.45, 7) is 9.16. The van der Waals surface area contributed by atoms with Crippen molar-refractivity contribution >= 4 is 39.0 Å². The van der Waals surface area contributed by atoms with Crippen LogP contribution >= 0.6 is 0 Å². The maximum Gasteiger partial charge on any atom is 0.194 e. The van der Waals surface area contributed by atoms with Crippen molar-refractivity contribution in [3.63, 3.8) is 0 Å². The van der Waals surface area contributed by atoms with Crippen molar-refractivity contribution < 1.29 is 17.6 Å². The summed E-state index contributed by atoms with van der Waals surface area (Å²) in [7, 11) is 0. The van der Waals surface area contributed by atoms with Crippen LogP contribution in [0.15, 0.2) is 101 Å². The third kappa shape index (κ3) is 4.50. The van der Waals surface area contributed by atoms with Crippen molar-refractivity contribution in [2.24, 2.45) is 0 Å². The molecule has 1 aliphatic carbocycles. The molecule has 0 atom stereocenters. The highest BCUT2D eigenvalue weighted by Gasteiger charge is 2.37. The van der Waals surface area contributed by atoms with E-state index in [1.165, 1.54) is 11.1 Å². The Bertz CT molecular complexity index is 2000. The number of nitrogens with zero attached hydrogens (tertiary/aromatic N) is 1. The van der Waals surface area contributed by atoms with Crippen LogP contribution in [0.2, 0.25) is 0 Å². The zero-order valence-corrected chi connectivity index (χ0v) is 24.6. The molecule has 43 heavy (non-hydrogen) atoms. The molecular weight excluding hydrogens is 543 g/mol. The minimum absolute atomic E-state index is 0.0179. The van der Waals surface area contributed by atoms with Gasteiger partial charge in [0, 0.05) is 34.2 Å². The Kier molecular flexibility index (Phi) is 6.21. The molecule has 0 amide bonds. The molecule has 1 heterocycles. The summed E-state index contributed by atoms with van der Waals surface area (Å²) < 4.78 is 49.9. The molecule has 1 aromatic heterocycles. The fraction of sp³-hybridized carbons (Fsp3) is 0.211. The van der Waals surface area contributed by atoms with Crippen LogP contribution in [-0.2, 0) is 10.8 Å². The van der Waals surface area contributed by atoms with Gasteiger partial charge in [-0.25, -0.2) is 13.2 Å². The number of halogens is 3. The lowest BCUT2D eigenvalue weighted by Gasteiger charge is -2.41. The summed E-state index contributed by atoms with van der Waals surface area (Å²) >= 11 is 0. The monoisotopic (exact) mass is 575 g/mol. The van der Waals surface area contributed by atoms with Crippen LogP contribution in [0.25, 0.3) is 33.1 Å². The molecule has 0 fully saturated rings. The van der Waals surface area contributed by atoms with E-state index in [9.17, 15) is 13.2 Å². The van der Waals surface area contributed by atoms with E-state index in [2.05, 4.69) is 39.8 Å². The fourth-order valence-electron chi connectivity index (χ4n) is 6.59. The Morgan fingerprint density at radius 2 is 1.21 bits per heavy atom. The van der Waals surface area contributed by atoms with E-state index in [0.29, 0.717) is 11.4 Å². The molecular formula is C38H32F3NO. The first-order valence-corrected chi connectivity index (χ1v) is 14.6. The Morgan fingerprint density at radius 3 is 1.91 bits per heavy atom. The molecule has 2 nitrogen and oxygen atoms in total. The first-order chi connectivity index (χ1) is 20.5. The van der Waals surface area contributed by atoms with Gasteiger partial charge in [-0.2, -0.15) is 0 Å². The zero-order chi connectivity index (χ0) is 30.1. The molecule has 0 saturated heterocycles. The lowest BCUT2D eigenvalue weighted by Crippen LogP contribution is -2.33. The number of benzene rings is 5. The molecule has 0 unspecified atom stereocenters. The van der Waals surface area contributed by atoms with Gasteiger partial charge in [0.2, 0.25) is 0 Å². The summed E-state index contributed by atoms with van der Waals surface area (Å²) in [6.07, 6.45) is 2.19. The number of furan rings is 1. The van der Waals surface area contributed by atoms with Gasteiger partial charge in [-0.05, 0) is 76.8 Å². The SMILES string of the molecule is CC1(C)CCC(C)(C)c2cc3c(cc21)oc1ccc(N(c2cc(F)c(F)c(F)c2)c2ccccc2-c2ccccc2)cc13. The summed E-state index contributed by atoms with van der Waals surface area (Å²) in [5, 5.41) is 1.90. The van der Waals surface area contributed by atoms with E-state index in [-0.39, 0.29) is 16.5 Å². The van der Waals surface area contributed by atoms with Crippen molar-refractivity contribution in [1.29, 1.82) is 0 Å². The van der Waals surface area contributed by atoms with Crippen LogP contribution < -0.4 is 4.90 Å². The van der Waals surface area contributed by atoms with Gasteiger partial charge < -0.3 is 9.32 Å². The van der Waals surface area contributed by atoms with Crippen molar-refractivity contribution in [3.05, 3.63) is 126 Å². The Hall–Kier alpha value is -4.51. The summed E-state index contributed by atoms with van der Waals surface area (Å²) in [5.74, 6) is -3.99. The number of rotatable bonds is 4. The van der Waals surface area contributed by atoms with Gasteiger partial charge in [0.1, 0.15) is 11.2 Å². The van der Waals surface area contributed by atoms with Gasteiger partial charge in [0.15, 0.2) is 17.5 Å². The van der Waals surface area contributed by atoms with Crippen LogP contribution in [0, 0.1) is 17.5 Å².